The van der Waals surface area contributed by atoms with Gasteiger partial charge in [-0.2, -0.15) is 0 Å². The van der Waals surface area contributed by atoms with Gasteiger partial charge >= 0.3 is 0 Å². The predicted molar refractivity (Wildman–Crippen MR) is 214 cm³/mol. The van der Waals surface area contributed by atoms with Gasteiger partial charge in [0.25, 0.3) is 0 Å². The Labute approximate surface area is 326 Å². The van der Waals surface area contributed by atoms with Gasteiger partial charge in [-0.05, 0) is 121 Å². The Balaban J connectivity index is 1.30. The largest absolute Gasteiger partial charge is 0.507 e. The molecule has 0 saturated heterocycles. The number of likely N-dealkylation sites (N-methyl/N-ethyl adjacent to an activating group) is 2. The zero-order valence-electron chi connectivity index (χ0n) is 32.4. The molecule has 0 bridgehead atoms. The molecular weight excluding hydrogens is 709 g/mol. The van der Waals surface area contributed by atoms with Crippen molar-refractivity contribution in [2.45, 2.75) is 55.3 Å². The first-order chi connectivity index (χ1) is 27.3. The standard InChI is InChI=1S/C45H50N4O7/c1-46-20-27-16-32-36(51)12-9-29-40(32)33(39(27)25-5-10-35-24(15-25)13-14-49-35)18-31-34-19-45(22-47-2,54-23-48-3)44(26-6-11-37(52)38(17-26)53-4)56-42(34)30-8-7-28(21-50)55-43(30)41(29)31/h5-6,9-13,15-17,28,33,39,44,46-48,50-52H,7-8,14,18-23H2,1-4H3/t28-,33-,39+,44-,45+/m1/s1. The zero-order chi connectivity index (χ0) is 38.7. The molecule has 292 valence electrons. The molecule has 5 atom stereocenters. The number of phenols is 2. The van der Waals surface area contributed by atoms with E-state index in [0.29, 0.717) is 51.1 Å². The molecule has 0 fully saturated rings. The quantitative estimate of drug-likeness (QED) is 0.125. The van der Waals surface area contributed by atoms with Gasteiger partial charge < -0.3 is 44.9 Å². The maximum atomic E-state index is 11.5. The summed E-state index contributed by atoms with van der Waals surface area (Å²) in [6, 6.07) is 15.9. The number of phenolic OH excluding ortho intramolecular Hbond substituents is 2. The molecule has 0 aromatic heterocycles. The van der Waals surface area contributed by atoms with Crippen molar-refractivity contribution in [1.82, 2.24) is 16.0 Å². The number of fused-ring (bicyclic) bond motifs is 8. The van der Waals surface area contributed by atoms with E-state index < -0.39 is 11.7 Å². The number of hydrogen-bond donors (Lipinski definition) is 6. The summed E-state index contributed by atoms with van der Waals surface area (Å²) in [4.78, 5) is 4.67. The van der Waals surface area contributed by atoms with Crippen LogP contribution in [0.2, 0.25) is 0 Å². The fraction of sp³-hybridized carbons (Fsp3) is 0.400. The van der Waals surface area contributed by atoms with Crippen molar-refractivity contribution in [3.63, 3.8) is 0 Å². The molecule has 9 rings (SSSR count). The molecule has 0 amide bonds. The van der Waals surface area contributed by atoms with Crippen LogP contribution in [0.5, 0.6) is 28.7 Å². The Morgan fingerprint density at radius 2 is 1.75 bits per heavy atom. The van der Waals surface area contributed by atoms with Crippen LogP contribution < -0.4 is 40.7 Å². The first-order valence-corrected chi connectivity index (χ1v) is 19.6. The van der Waals surface area contributed by atoms with E-state index in [2.05, 4.69) is 57.4 Å². The number of aromatic hydroxyl groups is 2. The van der Waals surface area contributed by atoms with Crippen LogP contribution in [0.4, 0.5) is 0 Å². The summed E-state index contributed by atoms with van der Waals surface area (Å²) in [5, 5.41) is 44.8. The lowest BCUT2D eigenvalue weighted by Gasteiger charge is -2.48. The molecule has 0 saturated carbocycles. The van der Waals surface area contributed by atoms with E-state index in [0.717, 1.165) is 66.6 Å². The highest BCUT2D eigenvalue weighted by molar-refractivity contribution is 5.89. The Kier molecular flexibility index (Phi) is 9.54. The average Bonchev–Trinajstić information content (AvgIpc) is 3.69. The number of rotatable bonds is 11. The summed E-state index contributed by atoms with van der Waals surface area (Å²) in [6.45, 7) is 2.02. The Morgan fingerprint density at radius 3 is 2.54 bits per heavy atom. The van der Waals surface area contributed by atoms with Gasteiger partial charge in [-0.15, -0.1) is 0 Å². The second kappa shape index (κ2) is 14.5. The Hall–Kier alpha value is -4.91. The van der Waals surface area contributed by atoms with Crippen molar-refractivity contribution in [3.05, 3.63) is 104 Å². The van der Waals surface area contributed by atoms with E-state index in [9.17, 15) is 15.3 Å². The van der Waals surface area contributed by atoms with E-state index in [-0.39, 0.29) is 42.8 Å². The summed E-state index contributed by atoms with van der Waals surface area (Å²) in [5.41, 5.74) is 9.58. The van der Waals surface area contributed by atoms with Gasteiger partial charge in [0, 0.05) is 47.7 Å². The summed E-state index contributed by atoms with van der Waals surface area (Å²) >= 11 is 0. The van der Waals surface area contributed by atoms with Gasteiger partial charge in [0.1, 0.15) is 29.0 Å². The molecule has 4 aromatic carbocycles. The summed E-state index contributed by atoms with van der Waals surface area (Å²) in [6.07, 6.45) is 5.93. The molecule has 0 radical (unpaired) electrons. The number of hydrogen-bond acceptors (Lipinski definition) is 11. The zero-order valence-corrected chi connectivity index (χ0v) is 32.4. The van der Waals surface area contributed by atoms with Crippen molar-refractivity contribution >= 4 is 12.2 Å². The van der Waals surface area contributed by atoms with E-state index in [1.807, 2.05) is 39.3 Å². The SMILES string of the molecule is CNCO[C@]1(CNC)Cc2c3c(c4c(c2O[C@@H]1c1ccc(O)c(OC)c1)CC[C@H](CO)O4)-c1ccc(O)c2c1[C@H](C3)[C@@H](c1ccc3c(c1)=CCN=3)C(CNC)=C2. The third kappa shape index (κ3) is 5.78. The number of nitrogens with zero attached hydrogens (tertiary/aromatic N) is 1. The fourth-order valence-corrected chi connectivity index (χ4v) is 10.1. The molecule has 11 nitrogen and oxygen atoms in total. The highest BCUT2D eigenvalue weighted by Crippen LogP contribution is 2.61. The molecule has 3 aliphatic heterocycles. The van der Waals surface area contributed by atoms with Gasteiger partial charge in [0.15, 0.2) is 17.6 Å². The number of ether oxygens (including phenoxy) is 4. The van der Waals surface area contributed by atoms with Gasteiger partial charge in [0.2, 0.25) is 0 Å². The number of aliphatic hydroxyl groups is 1. The summed E-state index contributed by atoms with van der Waals surface area (Å²) < 4.78 is 26.6. The molecule has 2 aliphatic carbocycles. The number of benzene rings is 4. The predicted octanol–water partition coefficient (Wildman–Crippen LogP) is 3.74. The lowest BCUT2D eigenvalue weighted by Crippen LogP contribution is -2.54. The first kappa shape index (κ1) is 36.7. The normalized spacial score (nSPS) is 23.8. The van der Waals surface area contributed by atoms with E-state index in [4.69, 9.17) is 18.9 Å². The number of aliphatic hydroxyl groups excluding tert-OH is 1. The molecule has 4 aromatic rings. The van der Waals surface area contributed by atoms with Gasteiger partial charge in [-0.1, -0.05) is 24.3 Å². The average molecular weight is 759 g/mol. The van der Waals surface area contributed by atoms with Crippen LogP contribution in [-0.4, -0.2) is 88.2 Å². The highest BCUT2D eigenvalue weighted by atomic mass is 16.6. The molecule has 6 N–H and O–H groups in total. The van der Waals surface area contributed by atoms with Crippen LogP contribution in [0.1, 0.15) is 63.3 Å². The molecular formula is C45H50N4O7. The van der Waals surface area contributed by atoms with Crippen molar-refractivity contribution in [3.8, 4) is 39.9 Å². The van der Waals surface area contributed by atoms with Crippen LogP contribution in [0, 0.1) is 0 Å². The van der Waals surface area contributed by atoms with Crippen LogP contribution in [0.15, 0.2) is 59.1 Å². The second-order valence-electron chi connectivity index (χ2n) is 15.6. The van der Waals surface area contributed by atoms with Crippen molar-refractivity contribution in [2.24, 2.45) is 4.99 Å². The molecule has 0 unspecified atom stereocenters. The summed E-state index contributed by atoms with van der Waals surface area (Å²) in [7, 11) is 7.30. The molecule has 3 heterocycles. The monoisotopic (exact) mass is 758 g/mol. The first-order valence-electron chi connectivity index (χ1n) is 19.6. The van der Waals surface area contributed by atoms with Crippen molar-refractivity contribution < 1.29 is 34.3 Å². The highest BCUT2D eigenvalue weighted by Gasteiger charge is 2.51. The van der Waals surface area contributed by atoms with E-state index in [1.165, 1.54) is 11.1 Å². The third-order valence-electron chi connectivity index (χ3n) is 12.4. The smallest absolute Gasteiger partial charge is 0.160 e. The Morgan fingerprint density at radius 1 is 0.911 bits per heavy atom. The molecule has 0 spiro atoms. The minimum absolute atomic E-state index is 0.0141. The lowest BCUT2D eigenvalue weighted by molar-refractivity contribution is -0.128. The fourth-order valence-electron chi connectivity index (χ4n) is 10.1. The van der Waals surface area contributed by atoms with Crippen LogP contribution in [-0.2, 0) is 24.0 Å². The number of nitrogens with one attached hydrogen (secondary N) is 3. The molecule has 56 heavy (non-hydrogen) atoms. The van der Waals surface area contributed by atoms with Crippen molar-refractivity contribution in [2.75, 3.05) is 61.2 Å². The Bertz CT molecular complexity index is 2380. The van der Waals surface area contributed by atoms with Gasteiger partial charge in [0.05, 0.1) is 32.3 Å². The number of methoxy groups -OCH3 is 1. The second-order valence-corrected chi connectivity index (χ2v) is 15.6. The van der Waals surface area contributed by atoms with Gasteiger partial charge in [-0.25, -0.2) is 0 Å². The maximum Gasteiger partial charge on any atom is 0.160 e. The van der Waals surface area contributed by atoms with Crippen LogP contribution in [0.3, 0.4) is 0 Å². The molecule has 11 heteroatoms. The van der Waals surface area contributed by atoms with Crippen molar-refractivity contribution in [1.29, 1.82) is 0 Å². The summed E-state index contributed by atoms with van der Waals surface area (Å²) in [5.74, 6) is 2.20. The topological polar surface area (TPSA) is 146 Å². The lowest BCUT2D eigenvalue weighted by atomic mass is 9.62. The maximum absolute atomic E-state index is 11.5. The van der Waals surface area contributed by atoms with Crippen LogP contribution >= 0.6 is 0 Å². The third-order valence-corrected chi connectivity index (χ3v) is 12.4. The van der Waals surface area contributed by atoms with Crippen LogP contribution in [0.25, 0.3) is 23.3 Å². The molecule has 5 aliphatic rings. The minimum Gasteiger partial charge on any atom is -0.507 e. The van der Waals surface area contributed by atoms with E-state index in [1.54, 1.807) is 13.2 Å². The van der Waals surface area contributed by atoms with E-state index >= 15 is 0 Å². The van der Waals surface area contributed by atoms with Gasteiger partial charge in [-0.3, -0.25) is 10.3 Å². The minimum atomic E-state index is -0.874.